The first-order chi connectivity index (χ1) is 9.40. The van der Waals surface area contributed by atoms with Gasteiger partial charge in [0.15, 0.2) is 0 Å². The highest BCUT2D eigenvalue weighted by Crippen LogP contribution is 2.22. The minimum atomic E-state index is -3.72. The van der Waals surface area contributed by atoms with Gasteiger partial charge < -0.3 is 0 Å². The Morgan fingerprint density at radius 2 is 1.70 bits per heavy atom. The van der Waals surface area contributed by atoms with Crippen molar-refractivity contribution in [3.05, 3.63) is 63.6 Å². The Kier molecular flexibility index (Phi) is 4.62. The van der Waals surface area contributed by atoms with Crippen molar-refractivity contribution in [3.63, 3.8) is 0 Å². The predicted octanol–water partition coefficient (Wildman–Crippen LogP) is 3.97. The zero-order chi connectivity index (χ0) is 14.8. The zero-order valence-corrected chi connectivity index (χ0v) is 13.7. The van der Waals surface area contributed by atoms with Crippen LogP contribution in [0.2, 0.25) is 0 Å². The van der Waals surface area contributed by atoms with Gasteiger partial charge in [-0.05, 0) is 43.2 Å². The fourth-order valence-electron chi connectivity index (χ4n) is 1.72. The summed E-state index contributed by atoms with van der Waals surface area (Å²) in [5.74, 6) is 0. The minimum absolute atomic E-state index is 0.0292. The van der Waals surface area contributed by atoms with Crippen LogP contribution in [0.15, 0.2) is 51.8 Å². The smallest absolute Gasteiger partial charge is 0.262 e. The van der Waals surface area contributed by atoms with Crippen LogP contribution in [0, 0.1) is 13.8 Å². The lowest BCUT2D eigenvalue weighted by molar-refractivity contribution is 0.307. The first-order valence-electron chi connectivity index (χ1n) is 6.10. The van der Waals surface area contributed by atoms with E-state index < -0.39 is 10.1 Å². The van der Waals surface area contributed by atoms with Crippen LogP contribution in [-0.2, 0) is 20.9 Å². The van der Waals surface area contributed by atoms with Crippen LogP contribution in [0.4, 0.5) is 0 Å². The monoisotopic (exact) mass is 354 g/mol. The van der Waals surface area contributed by atoms with Crippen LogP contribution in [0.1, 0.15) is 16.7 Å². The predicted molar refractivity (Wildman–Crippen MR) is 82.0 cm³/mol. The number of benzene rings is 2. The summed E-state index contributed by atoms with van der Waals surface area (Å²) in [6.45, 7) is 3.85. The Bertz CT molecular complexity index is 706. The molecule has 106 valence electrons. The Morgan fingerprint density at radius 3 is 2.35 bits per heavy atom. The first kappa shape index (κ1) is 15.2. The molecule has 0 heterocycles. The standard InChI is InChI=1S/C15H15BrO3S/c1-11-6-8-14(9-7-11)20(17,18)19-10-13-4-3-5-15(16)12(13)2/h3-9H,10H2,1-2H3. The fraction of sp³-hybridized carbons (Fsp3) is 0.200. The Labute approximate surface area is 127 Å². The molecule has 0 spiro atoms. The van der Waals surface area contributed by atoms with Gasteiger partial charge in [-0.1, -0.05) is 45.8 Å². The molecule has 0 aliphatic rings. The SMILES string of the molecule is Cc1ccc(S(=O)(=O)OCc2cccc(Br)c2C)cc1. The molecule has 0 amide bonds. The zero-order valence-electron chi connectivity index (χ0n) is 11.3. The van der Waals surface area contributed by atoms with E-state index in [9.17, 15) is 8.42 Å². The third kappa shape index (κ3) is 3.48. The highest BCUT2D eigenvalue weighted by molar-refractivity contribution is 9.10. The Balaban J connectivity index is 2.17. The number of aryl methyl sites for hydroxylation is 1. The molecule has 0 aromatic heterocycles. The second-order valence-corrected chi connectivity index (χ2v) is 7.02. The molecule has 0 bridgehead atoms. The largest absolute Gasteiger partial charge is 0.297 e. The van der Waals surface area contributed by atoms with Gasteiger partial charge in [0, 0.05) is 4.47 Å². The molecule has 20 heavy (non-hydrogen) atoms. The maximum Gasteiger partial charge on any atom is 0.297 e. The van der Waals surface area contributed by atoms with E-state index in [-0.39, 0.29) is 11.5 Å². The van der Waals surface area contributed by atoms with Gasteiger partial charge in [0.2, 0.25) is 0 Å². The van der Waals surface area contributed by atoms with Gasteiger partial charge in [-0.25, -0.2) is 0 Å². The van der Waals surface area contributed by atoms with Gasteiger partial charge in [-0.3, -0.25) is 4.18 Å². The molecule has 0 aliphatic carbocycles. The second kappa shape index (κ2) is 6.08. The number of hydrogen-bond acceptors (Lipinski definition) is 3. The summed E-state index contributed by atoms with van der Waals surface area (Å²) in [7, 11) is -3.72. The Morgan fingerprint density at radius 1 is 1.05 bits per heavy atom. The van der Waals surface area contributed by atoms with Gasteiger partial charge in [0.25, 0.3) is 10.1 Å². The van der Waals surface area contributed by atoms with Gasteiger partial charge in [0.05, 0.1) is 11.5 Å². The fourth-order valence-corrected chi connectivity index (χ4v) is 3.02. The van der Waals surface area contributed by atoms with Crippen LogP contribution >= 0.6 is 15.9 Å². The van der Waals surface area contributed by atoms with E-state index in [0.717, 1.165) is 21.2 Å². The van der Waals surface area contributed by atoms with E-state index in [1.165, 1.54) is 0 Å². The van der Waals surface area contributed by atoms with E-state index in [4.69, 9.17) is 4.18 Å². The molecule has 0 saturated heterocycles. The molecule has 0 radical (unpaired) electrons. The maximum absolute atomic E-state index is 12.1. The lowest BCUT2D eigenvalue weighted by Gasteiger charge is -2.09. The quantitative estimate of drug-likeness (QED) is 0.780. The topological polar surface area (TPSA) is 43.4 Å². The molecule has 0 saturated carbocycles. The maximum atomic E-state index is 12.1. The van der Waals surface area contributed by atoms with Gasteiger partial charge in [0.1, 0.15) is 0 Å². The summed E-state index contributed by atoms with van der Waals surface area (Å²) < 4.78 is 30.2. The number of rotatable bonds is 4. The average molecular weight is 355 g/mol. The van der Waals surface area contributed by atoms with Gasteiger partial charge >= 0.3 is 0 Å². The van der Waals surface area contributed by atoms with Crippen molar-refractivity contribution in [2.45, 2.75) is 25.3 Å². The van der Waals surface area contributed by atoms with Crippen LogP contribution in [-0.4, -0.2) is 8.42 Å². The summed E-state index contributed by atoms with van der Waals surface area (Å²) in [6, 6.07) is 12.2. The number of hydrogen-bond donors (Lipinski definition) is 0. The van der Waals surface area contributed by atoms with Crippen molar-refractivity contribution < 1.29 is 12.6 Å². The molecule has 3 nitrogen and oxygen atoms in total. The average Bonchev–Trinajstić information content (AvgIpc) is 2.41. The lowest BCUT2D eigenvalue weighted by atomic mass is 10.1. The molecule has 0 aliphatic heterocycles. The summed E-state index contributed by atoms with van der Waals surface area (Å²) >= 11 is 3.41. The van der Waals surface area contributed by atoms with E-state index in [2.05, 4.69) is 15.9 Å². The molecular weight excluding hydrogens is 340 g/mol. The third-order valence-corrected chi connectivity index (χ3v) is 5.20. The van der Waals surface area contributed by atoms with Gasteiger partial charge in [-0.15, -0.1) is 0 Å². The molecule has 0 fully saturated rings. The van der Waals surface area contributed by atoms with Crippen LogP contribution in [0.25, 0.3) is 0 Å². The molecule has 2 aromatic carbocycles. The summed E-state index contributed by atoms with van der Waals surface area (Å²) in [5, 5.41) is 0. The van der Waals surface area contributed by atoms with E-state index in [0.29, 0.717) is 0 Å². The lowest BCUT2D eigenvalue weighted by Crippen LogP contribution is -2.07. The van der Waals surface area contributed by atoms with E-state index in [1.807, 2.05) is 32.0 Å². The van der Waals surface area contributed by atoms with Crippen molar-refractivity contribution in [2.24, 2.45) is 0 Å². The highest BCUT2D eigenvalue weighted by Gasteiger charge is 2.15. The number of halogens is 1. The van der Waals surface area contributed by atoms with Crippen molar-refractivity contribution >= 4 is 26.0 Å². The molecule has 0 unspecified atom stereocenters. The minimum Gasteiger partial charge on any atom is -0.262 e. The van der Waals surface area contributed by atoms with E-state index >= 15 is 0 Å². The summed E-state index contributed by atoms with van der Waals surface area (Å²) in [6.07, 6.45) is 0. The third-order valence-electron chi connectivity index (χ3n) is 3.06. The first-order valence-corrected chi connectivity index (χ1v) is 8.30. The van der Waals surface area contributed by atoms with E-state index in [1.54, 1.807) is 24.3 Å². The summed E-state index contributed by atoms with van der Waals surface area (Å²) in [4.78, 5) is 0.177. The molecular formula is C15H15BrO3S. The Hall–Kier alpha value is -1.17. The van der Waals surface area contributed by atoms with Crippen LogP contribution < -0.4 is 0 Å². The van der Waals surface area contributed by atoms with Crippen molar-refractivity contribution in [2.75, 3.05) is 0 Å². The van der Waals surface area contributed by atoms with Crippen molar-refractivity contribution in [1.29, 1.82) is 0 Å². The normalized spacial score (nSPS) is 11.6. The second-order valence-electron chi connectivity index (χ2n) is 4.55. The molecule has 0 N–H and O–H groups in total. The molecule has 5 heteroatoms. The molecule has 0 atom stereocenters. The van der Waals surface area contributed by atoms with Crippen LogP contribution in [0.5, 0.6) is 0 Å². The highest BCUT2D eigenvalue weighted by atomic mass is 79.9. The van der Waals surface area contributed by atoms with Crippen LogP contribution in [0.3, 0.4) is 0 Å². The molecule has 2 rings (SSSR count). The van der Waals surface area contributed by atoms with Crippen molar-refractivity contribution in [1.82, 2.24) is 0 Å². The summed E-state index contributed by atoms with van der Waals surface area (Å²) in [5.41, 5.74) is 2.83. The molecule has 2 aromatic rings. The van der Waals surface area contributed by atoms with Gasteiger partial charge in [-0.2, -0.15) is 8.42 Å². The van der Waals surface area contributed by atoms with Crippen molar-refractivity contribution in [3.8, 4) is 0 Å².